The molecule has 0 aromatic carbocycles. The van der Waals surface area contributed by atoms with Crippen LogP contribution in [0.1, 0.15) is 56.0 Å². The Hall–Kier alpha value is -3.70. The van der Waals surface area contributed by atoms with Gasteiger partial charge in [-0.3, -0.25) is 9.88 Å². The quantitative estimate of drug-likeness (QED) is 0.330. The molecule has 7 nitrogen and oxygen atoms in total. The van der Waals surface area contributed by atoms with E-state index in [2.05, 4.69) is 71.0 Å². The second-order valence-corrected chi connectivity index (χ2v) is 11.4. The van der Waals surface area contributed by atoms with Crippen molar-refractivity contribution in [3.63, 3.8) is 0 Å². The summed E-state index contributed by atoms with van der Waals surface area (Å²) in [6, 6.07) is 11.9. The van der Waals surface area contributed by atoms with Crippen LogP contribution in [0.25, 0.3) is 16.6 Å². The number of aromatic nitrogens is 4. The summed E-state index contributed by atoms with van der Waals surface area (Å²) in [5.74, 6) is 1.56. The molecule has 2 atom stereocenters. The van der Waals surface area contributed by atoms with Crippen LogP contribution in [0.5, 0.6) is 0 Å². The molecule has 0 N–H and O–H groups in total. The molecule has 2 bridgehead atoms. The summed E-state index contributed by atoms with van der Waals surface area (Å²) in [6.45, 7) is 9.47. The largest absolute Gasteiger partial charge is 0.353 e. The fourth-order valence-electron chi connectivity index (χ4n) is 6.05. The van der Waals surface area contributed by atoms with Crippen molar-refractivity contribution in [1.29, 1.82) is 5.26 Å². The van der Waals surface area contributed by atoms with Gasteiger partial charge in [-0.05, 0) is 60.9 Å². The van der Waals surface area contributed by atoms with E-state index in [1.807, 2.05) is 18.6 Å². The van der Waals surface area contributed by atoms with Crippen molar-refractivity contribution in [3.8, 4) is 17.2 Å². The van der Waals surface area contributed by atoms with E-state index >= 15 is 0 Å². The fourth-order valence-corrected chi connectivity index (χ4v) is 6.05. The lowest BCUT2D eigenvalue weighted by Gasteiger charge is -2.56. The van der Waals surface area contributed by atoms with Gasteiger partial charge in [-0.25, -0.2) is 9.50 Å². The number of anilines is 1. The lowest BCUT2D eigenvalue weighted by molar-refractivity contribution is -0.00875. The number of hydrogen-bond donors (Lipinski definition) is 0. The molecule has 7 heterocycles. The highest BCUT2D eigenvalue weighted by molar-refractivity contribution is 6.38. The maximum Gasteiger partial charge on any atom is 0.128 e. The predicted octanol–water partition coefficient (Wildman–Crippen LogP) is 4.07. The molecular weight excluding hydrogens is 481 g/mol. The van der Waals surface area contributed by atoms with E-state index in [0.717, 1.165) is 72.6 Å². The molecule has 0 saturated carbocycles. The molecule has 2 radical (unpaired) electrons. The SMILES string of the molecule is [B]c1c(CCC(C)C)cn2ncc(C#N)c2c1-c1ccc(N2CC3CC(C2)N3Cc2ccc(CC)nc2)nc1. The predicted molar refractivity (Wildman–Crippen MR) is 155 cm³/mol. The number of fused-ring (bicyclic) bond motifs is 3. The Balaban J connectivity index is 1.22. The first-order chi connectivity index (χ1) is 18.9. The summed E-state index contributed by atoms with van der Waals surface area (Å²) >= 11 is 0. The van der Waals surface area contributed by atoms with E-state index in [0.29, 0.717) is 29.0 Å². The second-order valence-electron chi connectivity index (χ2n) is 11.4. The van der Waals surface area contributed by atoms with Crippen LogP contribution in [0.4, 0.5) is 5.82 Å². The Kier molecular flexibility index (Phi) is 6.86. The summed E-state index contributed by atoms with van der Waals surface area (Å²) in [5, 5.41) is 14.2. The van der Waals surface area contributed by atoms with Gasteiger partial charge in [0.25, 0.3) is 0 Å². The van der Waals surface area contributed by atoms with E-state index in [1.54, 1.807) is 10.7 Å². The molecule has 0 spiro atoms. The first-order valence-electron chi connectivity index (χ1n) is 14.0. The van der Waals surface area contributed by atoms with Gasteiger partial charge in [-0.2, -0.15) is 10.4 Å². The summed E-state index contributed by atoms with van der Waals surface area (Å²) in [6.07, 6.45) is 11.6. The number of nitriles is 1. The maximum atomic E-state index is 9.74. The third-order valence-electron chi connectivity index (χ3n) is 8.36. The molecule has 39 heavy (non-hydrogen) atoms. The van der Waals surface area contributed by atoms with Crippen molar-refractivity contribution >= 4 is 24.6 Å². The first-order valence-corrected chi connectivity index (χ1v) is 14.0. The molecule has 3 aliphatic rings. The Labute approximate surface area is 231 Å². The third kappa shape index (κ3) is 4.81. The van der Waals surface area contributed by atoms with Gasteiger partial charge >= 0.3 is 0 Å². The molecule has 196 valence electrons. The zero-order valence-corrected chi connectivity index (χ0v) is 23.0. The zero-order valence-electron chi connectivity index (χ0n) is 23.0. The van der Waals surface area contributed by atoms with E-state index < -0.39 is 0 Å². The van der Waals surface area contributed by atoms with Crippen LogP contribution in [-0.4, -0.2) is 57.5 Å². The molecule has 3 saturated heterocycles. The Morgan fingerprint density at radius 1 is 1.08 bits per heavy atom. The second kappa shape index (κ2) is 10.5. The van der Waals surface area contributed by atoms with E-state index in [-0.39, 0.29) is 0 Å². The van der Waals surface area contributed by atoms with Crippen molar-refractivity contribution < 1.29 is 0 Å². The lowest BCUT2D eigenvalue weighted by atomic mass is 9.81. The van der Waals surface area contributed by atoms with Crippen molar-refractivity contribution in [1.82, 2.24) is 24.5 Å². The highest BCUT2D eigenvalue weighted by Gasteiger charge is 2.44. The average Bonchev–Trinajstić information content (AvgIpc) is 3.37. The van der Waals surface area contributed by atoms with E-state index in [9.17, 15) is 5.26 Å². The third-order valence-corrected chi connectivity index (χ3v) is 8.36. The Bertz CT molecular complexity index is 1510. The lowest BCUT2D eigenvalue weighted by Crippen LogP contribution is -2.68. The van der Waals surface area contributed by atoms with Crippen molar-refractivity contribution in [3.05, 3.63) is 71.4 Å². The first kappa shape index (κ1) is 25.6. The van der Waals surface area contributed by atoms with Gasteiger partial charge in [0, 0.05) is 67.1 Å². The van der Waals surface area contributed by atoms with Gasteiger partial charge in [-0.1, -0.05) is 32.3 Å². The van der Waals surface area contributed by atoms with E-state index in [1.165, 1.54) is 12.0 Å². The summed E-state index contributed by atoms with van der Waals surface area (Å²) in [7, 11) is 6.75. The minimum absolute atomic E-state index is 0.520. The molecule has 0 amide bonds. The van der Waals surface area contributed by atoms with Crippen LogP contribution in [0.3, 0.4) is 0 Å². The molecule has 2 unspecified atom stereocenters. The molecule has 3 aliphatic heterocycles. The molecular formula is C31H34BN7. The van der Waals surface area contributed by atoms with Crippen LogP contribution in [0.2, 0.25) is 0 Å². The number of hydrogen-bond acceptors (Lipinski definition) is 6. The van der Waals surface area contributed by atoms with Gasteiger partial charge in [0.05, 0.1) is 17.3 Å². The normalized spacial score (nSPS) is 18.9. The van der Waals surface area contributed by atoms with E-state index in [4.69, 9.17) is 12.8 Å². The Morgan fingerprint density at radius 2 is 1.90 bits per heavy atom. The monoisotopic (exact) mass is 515 g/mol. The number of piperidine rings is 1. The van der Waals surface area contributed by atoms with Crippen LogP contribution in [-0.2, 0) is 19.4 Å². The molecule has 8 heteroatoms. The molecule has 3 fully saturated rings. The minimum atomic E-state index is 0.520. The van der Waals surface area contributed by atoms with Crippen LogP contribution < -0.4 is 10.4 Å². The Morgan fingerprint density at radius 3 is 2.54 bits per heavy atom. The number of rotatable bonds is 8. The minimum Gasteiger partial charge on any atom is -0.353 e. The molecule has 4 aromatic rings. The topological polar surface area (TPSA) is 73.4 Å². The van der Waals surface area contributed by atoms with Crippen LogP contribution in [0.15, 0.2) is 49.1 Å². The number of nitrogens with zero attached hydrogens (tertiary/aromatic N) is 7. The summed E-state index contributed by atoms with van der Waals surface area (Å²) in [5.41, 5.74) is 7.22. The molecule has 4 aromatic heterocycles. The van der Waals surface area contributed by atoms with Crippen molar-refractivity contribution in [2.24, 2.45) is 5.92 Å². The van der Waals surface area contributed by atoms with Crippen molar-refractivity contribution in [2.75, 3.05) is 18.0 Å². The average molecular weight is 515 g/mol. The smallest absolute Gasteiger partial charge is 0.128 e. The van der Waals surface area contributed by atoms with Gasteiger partial charge < -0.3 is 4.90 Å². The zero-order chi connectivity index (χ0) is 27.1. The highest BCUT2D eigenvalue weighted by atomic mass is 15.4. The van der Waals surface area contributed by atoms with Gasteiger partial charge in [0.2, 0.25) is 0 Å². The molecule has 7 rings (SSSR count). The number of pyridine rings is 3. The summed E-state index contributed by atoms with van der Waals surface area (Å²) in [4.78, 5) is 14.5. The van der Waals surface area contributed by atoms with Gasteiger partial charge in [0.1, 0.15) is 19.7 Å². The highest BCUT2D eigenvalue weighted by Crippen LogP contribution is 2.36. The maximum absolute atomic E-state index is 9.74. The van der Waals surface area contributed by atoms with Gasteiger partial charge in [0.15, 0.2) is 0 Å². The summed E-state index contributed by atoms with van der Waals surface area (Å²) < 4.78 is 1.80. The van der Waals surface area contributed by atoms with Crippen molar-refractivity contribution in [2.45, 2.75) is 65.1 Å². The molecule has 0 aliphatic carbocycles. The van der Waals surface area contributed by atoms with Crippen LogP contribution >= 0.6 is 0 Å². The number of aryl methyl sites for hydroxylation is 2. The fraction of sp³-hybridized carbons (Fsp3) is 0.419. The number of piperazine rings is 1. The standard InChI is InChI=1S/C31H34BN7/c1-4-25-9-6-21(13-34-25)16-38-26-11-27(38)19-37(18-26)28-10-8-22(14-35-28)29-30(32)23(7-5-20(2)3)17-39-31(29)24(12-33)15-36-39/h6,8-10,13-15,17,20,26-27H,4-5,7,11,16,18-19H2,1-3H3. The van der Waals surface area contributed by atoms with Crippen LogP contribution in [0, 0.1) is 17.2 Å². The van der Waals surface area contributed by atoms with Gasteiger partial charge in [-0.15, -0.1) is 0 Å².